The fourth-order valence-electron chi connectivity index (χ4n) is 3.96. The molecule has 0 spiro atoms. The summed E-state index contributed by atoms with van der Waals surface area (Å²) in [7, 11) is -2.89. The molecule has 184 valence electrons. The fourth-order valence-corrected chi connectivity index (χ4v) is 7.15. The monoisotopic (exact) mass is 552 g/mol. The summed E-state index contributed by atoms with van der Waals surface area (Å²) < 4.78 is 32.9. The highest BCUT2D eigenvalue weighted by atomic mass is 35.5. The van der Waals surface area contributed by atoms with E-state index >= 15 is 0 Å². The molecular weight excluding hydrogens is 531 g/mol. The minimum atomic E-state index is -4.17. The van der Waals surface area contributed by atoms with Crippen LogP contribution in [0, 0.1) is 0 Å². The van der Waals surface area contributed by atoms with Crippen molar-refractivity contribution in [1.29, 1.82) is 0 Å². The molecule has 1 amide bonds. The SMILES string of the molecule is COC(=O)c1c(NC(=O)CN(c2cc(Cl)ccc2Cl)S(=O)(=O)c2ccccc2)sc2c1CCCC2. The van der Waals surface area contributed by atoms with Crippen LogP contribution < -0.4 is 9.62 Å². The number of ether oxygens (including phenoxy) is 1. The molecule has 0 saturated carbocycles. The van der Waals surface area contributed by atoms with Crippen LogP contribution in [0.2, 0.25) is 10.0 Å². The smallest absolute Gasteiger partial charge is 0.341 e. The maximum absolute atomic E-state index is 13.5. The first-order valence-electron chi connectivity index (χ1n) is 10.8. The fraction of sp³-hybridized carbons (Fsp3) is 0.250. The first-order valence-corrected chi connectivity index (χ1v) is 13.8. The number of carbonyl (C=O) groups excluding carboxylic acids is 2. The normalized spacial score (nSPS) is 13.1. The number of aryl methyl sites for hydroxylation is 1. The maximum atomic E-state index is 13.5. The standard InChI is InChI=1S/C24H22Cl2N2O5S2/c1-33-24(30)22-17-9-5-6-10-20(17)34-23(22)27-21(29)14-28(19-13-15(25)11-12-18(19)26)35(31,32)16-7-3-2-4-8-16/h2-4,7-8,11-13H,5-6,9-10,14H2,1H3,(H,27,29). The first-order chi connectivity index (χ1) is 16.7. The minimum Gasteiger partial charge on any atom is -0.465 e. The Bertz CT molecular complexity index is 1370. The van der Waals surface area contributed by atoms with E-state index in [1.165, 1.54) is 48.8 Å². The molecule has 0 unspecified atom stereocenters. The molecule has 11 heteroatoms. The highest BCUT2D eigenvalue weighted by molar-refractivity contribution is 7.92. The molecule has 1 aromatic heterocycles. The van der Waals surface area contributed by atoms with Crippen LogP contribution in [-0.2, 0) is 32.4 Å². The molecule has 0 aliphatic heterocycles. The topological polar surface area (TPSA) is 92.8 Å². The van der Waals surface area contributed by atoms with Crippen molar-refractivity contribution < 1.29 is 22.7 Å². The van der Waals surface area contributed by atoms with Crippen LogP contribution in [-0.4, -0.2) is 33.9 Å². The van der Waals surface area contributed by atoms with Gasteiger partial charge in [0.15, 0.2) is 0 Å². The molecule has 0 bridgehead atoms. The summed E-state index contributed by atoms with van der Waals surface area (Å²) in [5, 5.41) is 3.46. The molecular formula is C24H22Cl2N2O5S2. The molecule has 3 aromatic rings. The van der Waals surface area contributed by atoms with Gasteiger partial charge >= 0.3 is 5.97 Å². The van der Waals surface area contributed by atoms with Crippen molar-refractivity contribution in [2.75, 3.05) is 23.3 Å². The zero-order valence-electron chi connectivity index (χ0n) is 18.7. The number of methoxy groups -OCH3 is 1. The van der Waals surface area contributed by atoms with Crippen molar-refractivity contribution in [3.05, 3.63) is 74.6 Å². The van der Waals surface area contributed by atoms with E-state index < -0.39 is 28.4 Å². The van der Waals surface area contributed by atoms with Gasteiger partial charge in [-0.2, -0.15) is 0 Å². The summed E-state index contributed by atoms with van der Waals surface area (Å²) in [5.41, 5.74) is 1.28. The highest BCUT2D eigenvalue weighted by Crippen LogP contribution is 2.39. The third-order valence-corrected chi connectivity index (χ3v) is 9.14. The Kier molecular flexibility index (Phi) is 7.70. The van der Waals surface area contributed by atoms with Crippen LogP contribution in [0.5, 0.6) is 0 Å². The van der Waals surface area contributed by atoms with E-state index in [0.29, 0.717) is 10.6 Å². The molecule has 0 radical (unpaired) electrons. The van der Waals surface area contributed by atoms with E-state index in [0.717, 1.165) is 40.4 Å². The lowest BCUT2D eigenvalue weighted by atomic mass is 9.95. The minimum absolute atomic E-state index is 0.00863. The number of rotatable bonds is 7. The van der Waals surface area contributed by atoms with Gasteiger partial charge in [-0.3, -0.25) is 9.10 Å². The number of nitrogens with zero attached hydrogens (tertiary/aromatic N) is 1. The van der Waals surface area contributed by atoms with E-state index in [2.05, 4.69) is 5.32 Å². The van der Waals surface area contributed by atoms with E-state index in [1.54, 1.807) is 18.2 Å². The van der Waals surface area contributed by atoms with Gasteiger partial charge < -0.3 is 10.1 Å². The Hall–Kier alpha value is -2.59. The number of carbonyl (C=O) groups is 2. The molecule has 0 fully saturated rings. The highest BCUT2D eigenvalue weighted by Gasteiger charge is 2.31. The van der Waals surface area contributed by atoms with Gasteiger partial charge in [-0.05, 0) is 61.6 Å². The summed E-state index contributed by atoms with van der Waals surface area (Å²) >= 11 is 13.8. The summed E-state index contributed by atoms with van der Waals surface area (Å²) in [6.45, 7) is -0.583. The third kappa shape index (κ3) is 5.33. The number of hydrogen-bond donors (Lipinski definition) is 1. The molecule has 1 aliphatic carbocycles. The van der Waals surface area contributed by atoms with E-state index in [-0.39, 0.29) is 20.6 Å². The van der Waals surface area contributed by atoms with Gasteiger partial charge in [0.1, 0.15) is 11.5 Å². The average Bonchev–Trinajstić information content (AvgIpc) is 3.21. The second-order valence-electron chi connectivity index (χ2n) is 7.88. The van der Waals surface area contributed by atoms with E-state index in [1.807, 2.05) is 0 Å². The molecule has 2 aromatic carbocycles. The van der Waals surface area contributed by atoms with Gasteiger partial charge in [-0.25, -0.2) is 13.2 Å². The average molecular weight is 553 g/mol. The molecule has 1 aliphatic rings. The molecule has 7 nitrogen and oxygen atoms in total. The number of halogens is 2. The third-order valence-electron chi connectivity index (χ3n) is 5.61. The van der Waals surface area contributed by atoms with Crippen LogP contribution >= 0.6 is 34.5 Å². The maximum Gasteiger partial charge on any atom is 0.341 e. The number of nitrogens with one attached hydrogen (secondary N) is 1. The number of anilines is 2. The number of hydrogen-bond acceptors (Lipinski definition) is 6. The van der Waals surface area contributed by atoms with Crippen LogP contribution in [0.3, 0.4) is 0 Å². The van der Waals surface area contributed by atoms with Gasteiger partial charge in [-0.1, -0.05) is 41.4 Å². The van der Waals surface area contributed by atoms with Crippen molar-refractivity contribution >= 4 is 67.1 Å². The number of thiophene rings is 1. The lowest BCUT2D eigenvalue weighted by molar-refractivity contribution is -0.114. The van der Waals surface area contributed by atoms with Crippen molar-refractivity contribution in [3.8, 4) is 0 Å². The Labute approximate surface area is 217 Å². The lowest BCUT2D eigenvalue weighted by Gasteiger charge is -2.25. The molecule has 0 atom stereocenters. The molecule has 1 heterocycles. The van der Waals surface area contributed by atoms with Crippen LogP contribution in [0.1, 0.15) is 33.6 Å². The molecule has 35 heavy (non-hydrogen) atoms. The van der Waals surface area contributed by atoms with Crippen molar-refractivity contribution in [1.82, 2.24) is 0 Å². The zero-order chi connectivity index (χ0) is 25.2. The largest absolute Gasteiger partial charge is 0.465 e. The predicted octanol–water partition coefficient (Wildman–Crippen LogP) is 5.55. The van der Waals surface area contributed by atoms with Crippen molar-refractivity contribution in [2.24, 2.45) is 0 Å². The van der Waals surface area contributed by atoms with Crippen LogP contribution in [0.15, 0.2) is 53.4 Å². The predicted molar refractivity (Wildman–Crippen MR) is 138 cm³/mol. The Morgan fingerprint density at radius 2 is 1.80 bits per heavy atom. The second-order valence-corrected chi connectivity index (χ2v) is 11.7. The van der Waals surface area contributed by atoms with Crippen LogP contribution in [0.4, 0.5) is 10.7 Å². The Morgan fingerprint density at radius 3 is 2.51 bits per heavy atom. The lowest BCUT2D eigenvalue weighted by Crippen LogP contribution is -2.38. The number of esters is 1. The quantitative estimate of drug-likeness (QED) is 0.387. The first kappa shape index (κ1) is 25.5. The van der Waals surface area contributed by atoms with E-state index in [4.69, 9.17) is 27.9 Å². The van der Waals surface area contributed by atoms with E-state index in [9.17, 15) is 18.0 Å². The number of sulfonamides is 1. The van der Waals surface area contributed by atoms with Gasteiger partial charge in [0.25, 0.3) is 10.0 Å². The second kappa shape index (κ2) is 10.6. The van der Waals surface area contributed by atoms with Crippen molar-refractivity contribution in [3.63, 3.8) is 0 Å². The summed E-state index contributed by atoms with van der Waals surface area (Å²) in [5.74, 6) is -1.17. The Balaban J connectivity index is 1.71. The zero-order valence-corrected chi connectivity index (χ0v) is 21.9. The molecule has 1 N–H and O–H groups in total. The Morgan fingerprint density at radius 1 is 1.09 bits per heavy atom. The molecule has 4 rings (SSSR count). The number of fused-ring (bicyclic) bond motifs is 1. The number of benzene rings is 2. The molecule has 0 saturated heterocycles. The summed E-state index contributed by atoms with van der Waals surface area (Å²) in [4.78, 5) is 26.7. The van der Waals surface area contributed by atoms with Gasteiger partial charge in [0.2, 0.25) is 5.91 Å². The summed E-state index contributed by atoms with van der Waals surface area (Å²) in [6.07, 6.45) is 3.47. The van der Waals surface area contributed by atoms with Gasteiger partial charge in [0.05, 0.1) is 28.3 Å². The van der Waals surface area contributed by atoms with Gasteiger partial charge in [-0.15, -0.1) is 11.3 Å². The summed E-state index contributed by atoms with van der Waals surface area (Å²) in [6, 6.07) is 12.1. The number of amides is 1. The van der Waals surface area contributed by atoms with Crippen LogP contribution in [0.25, 0.3) is 0 Å². The van der Waals surface area contributed by atoms with Crippen molar-refractivity contribution in [2.45, 2.75) is 30.6 Å². The van der Waals surface area contributed by atoms with Gasteiger partial charge in [0, 0.05) is 9.90 Å².